The van der Waals surface area contributed by atoms with Gasteiger partial charge in [-0.2, -0.15) is 4.99 Å². The molecule has 0 spiro atoms. The molecule has 0 rings (SSSR count). The fourth-order valence-electron chi connectivity index (χ4n) is 0.335. The van der Waals surface area contributed by atoms with Crippen molar-refractivity contribution in [1.82, 2.24) is 5.32 Å². The molecule has 0 aliphatic rings. The van der Waals surface area contributed by atoms with Gasteiger partial charge in [-0.25, -0.2) is 0 Å². The van der Waals surface area contributed by atoms with E-state index in [2.05, 4.69) is 10.3 Å². The van der Waals surface area contributed by atoms with Crippen LogP contribution in [0.4, 0.5) is 0 Å². The SMILES string of the molecule is CNCC(=O)N=C(N)N. The first kappa shape index (κ1) is 7.90. The zero-order valence-electron chi connectivity index (χ0n) is 5.22. The van der Waals surface area contributed by atoms with Gasteiger partial charge in [-0.15, -0.1) is 0 Å². The third-order valence-electron chi connectivity index (χ3n) is 0.582. The Hall–Kier alpha value is -1.10. The summed E-state index contributed by atoms with van der Waals surface area (Å²) in [6, 6.07) is 0. The maximum Gasteiger partial charge on any atom is 0.262 e. The van der Waals surface area contributed by atoms with Gasteiger partial charge in [0.15, 0.2) is 5.96 Å². The summed E-state index contributed by atoms with van der Waals surface area (Å²) in [5.41, 5.74) is 9.81. The predicted octanol–water partition coefficient (Wildman–Crippen LogP) is -1.99. The number of carbonyl (C=O) groups is 1. The molecule has 0 heterocycles. The van der Waals surface area contributed by atoms with E-state index >= 15 is 0 Å². The third-order valence-corrected chi connectivity index (χ3v) is 0.582. The van der Waals surface area contributed by atoms with Gasteiger partial charge in [0.2, 0.25) is 0 Å². The van der Waals surface area contributed by atoms with Gasteiger partial charge in [0.1, 0.15) is 0 Å². The van der Waals surface area contributed by atoms with Crippen molar-refractivity contribution in [2.45, 2.75) is 0 Å². The van der Waals surface area contributed by atoms with Crippen LogP contribution in [0.2, 0.25) is 0 Å². The van der Waals surface area contributed by atoms with Crippen LogP contribution in [0.25, 0.3) is 0 Å². The molecule has 9 heavy (non-hydrogen) atoms. The van der Waals surface area contributed by atoms with Gasteiger partial charge < -0.3 is 16.8 Å². The van der Waals surface area contributed by atoms with Crippen LogP contribution in [0.1, 0.15) is 0 Å². The Kier molecular flexibility index (Phi) is 3.38. The Morgan fingerprint density at radius 1 is 1.67 bits per heavy atom. The predicted molar refractivity (Wildman–Crippen MR) is 34.7 cm³/mol. The summed E-state index contributed by atoms with van der Waals surface area (Å²) in [6.07, 6.45) is 0. The lowest BCUT2D eigenvalue weighted by Gasteiger charge is -1.91. The van der Waals surface area contributed by atoms with E-state index in [4.69, 9.17) is 11.5 Å². The highest BCUT2D eigenvalue weighted by Gasteiger charge is 1.93. The lowest BCUT2D eigenvalue weighted by molar-refractivity contribution is -0.116. The molecule has 0 atom stereocenters. The van der Waals surface area contributed by atoms with E-state index in [1.807, 2.05) is 0 Å². The maximum atomic E-state index is 10.4. The third kappa shape index (κ3) is 4.76. The number of likely N-dealkylation sites (N-methyl/N-ethyl adjacent to an activating group) is 1. The van der Waals surface area contributed by atoms with Gasteiger partial charge in [0.25, 0.3) is 5.91 Å². The first-order valence-corrected chi connectivity index (χ1v) is 2.44. The molecule has 0 fully saturated rings. The monoisotopic (exact) mass is 130 g/mol. The van der Waals surface area contributed by atoms with Crippen LogP contribution in [0, 0.1) is 0 Å². The summed E-state index contributed by atoms with van der Waals surface area (Å²) in [7, 11) is 1.64. The summed E-state index contributed by atoms with van der Waals surface area (Å²) >= 11 is 0. The lowest BCUT2D eigenvalue weighted by Crippen LogP contribution is -2.27. The molecule has 0 aromatic heterocycles. The average Bonchev–Trinajstić information content (AvgIpc) is 1.63. The van der Waals surface area contributed by atoms with Crippen molar-refractivity contribution >= 4 is 11.9 Å². The second-order valence-electron chi connectivity index (χ2n) is 1.46. The Morgan fingerprint density at radius 2 is 2.22 bits per heavy atom. The van der Waals surface area contributed by atoms with Crippen LogP contribution in [-0.2, 0) is 4.79 Å². The van der Waals surface area contributed by atoms with E-state index in [9.17, 15) is 4.79 Å². The number of nitrogens with zero attached hydrogens (tertiary/aromatic N) is 1. The summed E-state index contributed by atoms with van der Waals surface area (Å²) in [6.45, 7) is 0.165. The highest BCUT2D eigenvalue weighted by Crippen LogP contribution is 1.68. The number of guanidine groups is 1. The number of hydrogen-bond acceptors (Lipinski definition) is 2. The summed E-state index contributed by atoms with van der Waals surface area (Å²) in [5.74, 6) is -0.562. The Bertz CT molecular complexity index is 127. The van der Waals surface area contributed by atoms with E-state index in [0.717, 1.165) is 0 Å². The topological polar surface area (TPSA) is 93.5 Å². The van der Waals surface area contributed by atoms with Crippen LogP contribution < -0.4 is 16.8 Å². The summed E-state index contributed by atoms with van der Waals surface area (Å²) in [4.78, 5) is 13.7. The number of hydrogen-bond donors (Lipinski definition) is 3. The highest BCUT2D eigenvalue weighted by molar-refractivity contribution is 5.92. The second kappa shape index (κ2) is 3.85. The van der Waals surface area contributed by atoms with Gasteiger partial charge in [0.05, 0.1) is 6.54 Å². The average molecular weight is 130 g/mol. The molecule has 0 aromatic carbocycles. The van der Waals surface area contributed by atoms with Crippen LogP contribution >= 0.6 is 0 Å². The Labute approximate surface area is 53.1 Å². The molecule has 0 aromatic rings. The molecule has 0 saturated heterocycles. The molecule has 0 aliphatic heterocycles. The van der Waals surface area contributed by atoms with Crippen molar-refractivity contribution in [3.63, 3.8) is 0 Å². The highest BCUT2D eigenvalue weighted by atomic mass is 16.1. The molecule has 1 amide bonds. The molecule has 5 heteroatoms. The summed E-state index contributed by atoms with van der Waals surface area (Å²) < 4.78 is 0. The molecule has 0 saturated carbocycles. The second-order valence-corrected chi connectivity index (χ2v) is 1.46. The fourth-order valence-corrected chi connectivity index (χ4v) is 0.335. The van der Waals surface area contributed by atoms with E-state index in [-0.39, 0.29) is 18.4 Å². The zero-order valence-corrected chi connectivity index (χ0v) is 5.22. The minimum Gasteiger partial charge on any atom is -0.370 e. The number of aliphatic imine (C=N–C) groups is 1. The van der Waals surface area contributed by atoms with Gasteiger partial charge in [-0.1, -0.05) is 0 Å². The standard InChI is InChI=1S/C4H10N4O/c1-7-2-3(9)8-4(5)6/h7H,2H2,1H3,(H4,5,6,8,9). The minimum absolute atomic E-state index is 0.165. The van der Waals surface area contributed by atoms with Crippen molar-refractivity contribution in [2.75, 3.05) is 13.6 Å². The van der Waals surface area contributed by atoms with Crippen molar-refractivity contribution in [2.24, 2.45) is 16.5 Å². The fraction of sp³-hybridized carbons (Fsp3) is 0.500. The van der Waals surface area contributed by atoms with Crippen LogP contribution in [0.15, 0.2) is 4.99 Å². The molecule has 0 bridgehead atoms. The normalized spacial score (nSPS) is 8.56. The minimum atomic E-state index is -0.363. The van der Waals surface area contributed by atoms with Crippen LogP contribution in [0.5, 0.6) is 0 Å². The number of nitrogens with one attached hydrogen (secondary N) is 1. The first-order chi connectivity index (χ1) is 4.16. The van der Waals surface area contributed by atoms with Crippen LogP contribution in [-0.4, -0.2) is 25.5 Å². The molecule has 0 aliphatic carbocycles. The number of nitrogens with two attached hydrogens (primary N) is 2. The molecule has 0 unspecified atom stereocenters. The van der Waals surface area contributed by atoms with E-state index in [0.29, 0.717) is 0 Å². The zero-order chi connectivity index (χ0) is 7.28. The molecular weight excluding hydrogens is 120 g/mol. The van der Waals surface area contributed by atoms with Gasteiger partial charge >= 0.3 is 0 Å². The van der Waals surface area contributed by atoms with Crippen molar-refractivity contribution in [3.05, 3.63) is 0 Å². The van der Waals surface area contributed by atoms with Crippen molar-refractivity contribution in [3.8, 4) is 0 Å². The van der Waals surface area contributed by atoms with Gasteiger partial charge in [-0.3, -0.25) is 4.79 Å². The van der Waals surface area contributed by atoms with Crippen LogP contribution in [0.3, 0.4) is 0 Å². The number of rotatable bonds is 2. The van der Waals surface area contributed by atoms with Crippen molar-refractivity contribution in [1.29, 1.82) is 0 Å². The number of carbonyl (C=O) groups excluding carboxylic acids is 1. The Balaban J connectivity index is 3.63. The summed E-state index contributed by atoms with van der Waals surface area (Å²) in [5, 5.41) is 2.61. The first-order valence-electron chi connectivity index (χ1n) is 2.44. The quantitative estimate of drug-likeness (QED) is 0.298. The maximum absolute atomic E-state index is 10.4. The molecule has 5 nitrogen and oxygen atoms in total. The molecular formula is C4H10N4O. The van der Waals surface area contributed by atoms with E-state index < -0.39 is 0 Å². The largest absolute Gasteiger partial charge is 0.370 e. The van der Waals surface area contributed by atoms with Crippen molar-refractivity contribution < 1.29 is 4.79 Å². The van der Waals surface area contributed by atoms with Gasteiger partial charge in [0, 0.05) is 0 Å². The number of amides is 1. The molecule has 0 radical (unpaired) electrons. The smallest absolute Gasteiger partial charge is 0.262 e. The lowest BCUT2D eigenvalue weighted by atomic mass is 10.6. The van der Waals surface area contributed by atoms with E-state index in [1.165, 1.54) is 0 Å². The van der Waals surface area contributed by atoms with E-state index in [1.54, 1.807) is 7.05 Å². The van der Waals surface area contributed by atoms with Gasteiger partial charge in [-0.05, 0) is 7.05 Å². The molecule has 5 N–H and O–H groups in total. The molecule has 52 valence electrons. The Morgan fingerprint density at radius 3 is 2.56 bits per heavy atom.